The highest BCUT2D eigenvalue weighted by Crippen LogP contribution is 2.27. The topological polar surface area (TPSA) is 54.7 Å². The van der Waals surface area contributed by atoms with Gasteiger partial charge in [-0.1, -0.05) is 25.1 Å². The molecule has 23 heavy (non-hydrogen) atoms. The highest BCUT2D eigenvalue weighted by molar-refractivity contribution is 5.85. The van der Waals surface area contributed by atoms with Crippen molar-refractivity contribution < 1.29 is 13.9 Å². The van der Waals surface area contributed by atoms with Crippen molar-refractivity contribution in [1.29, 1.82) is 0 Å². The van der Waals surface area contributed by atoms with Crippen LogP contribution in [0.1, 0.15) is 24.7 Å². The highest BCUT2D eigenvalue weighted by atomic mass is 16.5. The molecule has 1 N–H and O–H groups in total. The quantitative estimate of drug-likeness (QED) is 0.920. The van der Waals surface area contributed by atoms with Crippen molar-refractivity contribution in [2.75, 3.05) is 20.7 Å². The van der Waals surface area contributed by atoms with Gasteiger partial charge in [-0.05, 0) is 12.5 Å². The molecule has 0 saturated carbocycles. The lowest BCUT2D eigenvalue weighted by molar-refractivity contribution is -0.132. The molecule has 0 bridgehead atoms. The summed E-state index contributed by atoms with van der Waals surface area (Å²) in [7, 11) is 3.54. The molecule has 0 spiro atoms. The molecule has 0 unspecified atom stereocenters. The molecule has 2 atom stereocenters. The van der Waals surface area contributed by atoms with Crippen LogP contribution in [0, 0.1) is 0 Å². The van der Waals surface area contributed by atoms with Crippen molar-refractivity contribution in [3.8, 4) is 0 Å². The first-order valence-corrected chi connectivity index (χ1v) is 8.14. The number of nitrogens with zero attached hydrogens (tertiary/aromatic N) is 1. The van der Waals surface area contributed by atoms with E-state index in [1.54, 1.807) is 12.0 Å². The summed E-state index contributed by atoms with van der Waals surface area (Å²) in [5.74, 6) is 1.07. The maximum Gasteiger partial charge on any atom is 0.239 e. The number of furan rings is 1. The lowest BCUT2D eigenvalue weighted by atomic mass is 10.1. The minimum Gasteiger partial charge on any atom is -0.461 e. The molecule has 1 aliphatic heterocycles. The second kappa shape index (κ2) is 6.72. The van der Waals surface area contributed by atoms with E-state index in [1.807, 2.05) is 25.2 Å². The number of para-hydroxylation sites is 1. The molecule has 1 fully saturated rings. The lowest BCUT2D eigenvalue weighted by Crippen LogP contribution is -2.41. The molecule has 1 aliphatic rings. The third-order valence-corrected chi connectivity index (χ3v) is 4.60. The molecule has 0 aliphatic carbocycles. The van der Waals surface area contributed by atoms with Crippen molar-refractivity contribution in [1.82, 2.24) is 10.2 Å². The van der Waals surface area contributed by atoms with Crippen molar-refractivity contribution in [2.45, 2.75) is 38.5 Å². The van der Waals surface area contributed by atoms with Crippen LogP contribution in [0.3, 0.4) is 0 Å². The number of amides is 1. The number of methoxy groups -OCH3 is 1. The first-order valence-electron chi connectivity index (χ1n) is 8.14. The van der Waals surface area contributed by atoms with Crippen LogP contribution in [-0.2, 0) is 22.5 Å². The number of nitrogens with one attached hydrogen (secondary N) is 1. The molecular formula is C18H24N2O3. The van der Waals surface area contributed by atoms with Crippen LogP contribution in [0.25, 0.3) is 11.0 Å². The van der Waals surface area contributed by atoms with Gasteiger partial charge in [0.15, 0.2) is 0 Å². The number of aryl methyl sites for hydroxylation is 1. The molecule has 1 amide bonds. The monoisotopic (exact) mass is 316 g/mol. The number of hydrogen-bond donors (Lipinski definition) is 1. The number of hydrogen-bond acceptors (Lipinski definition) is 4. The third-order valence-electron chi connectivity index (χ3n) is 4.60. The molecule has 5 heteroatoms. The van der Waals surface area contributed by atoms with Crippen molar-refractivity contribution >= 4 is 16.9 Å². The van der Waals surface area contributed by atoms with Crippen LogP contribution in [0.4, 0.5) is 0 Å². The van der Waals surface area contributed by atoms with Gasteiger partial charge in [0.1, 0.15) is 11.3 Å². The van der Waals surface area contributed by atoms with Crippen LogP contribution >= 0.6 is 0 Å². The Labute approximate surface area is 136 Å². The predicted octanol–water partition coefficient (Wildman–Crippen LogP) is 2.33. The Kier molecular flexibility index (Phi) is 4.68. The summed E-state index contributed by atoms with van der Waals surface area (Å²) in [6, 6.07) is 7.84. The van der Waals surface area contributed by atoms with Gasteiger partial charge in [-0.3, -0.25) is 4.79 Å². The van der Waals surface area contributed by atoms with Crippen molar-refractivity contribution in [3.63, 3.8) is 0 Å². The molecule has 5 nitrogen and oxygen atoms in total. The molecule has 1 aromatic carbocycles. The van der Waals surface area contributed by atoms with Crippen LogP contribution < -0.4 is 5.32 Å². The van der Waals surface area contributed by atoms with Crippen LogP contribution in [0.5, 0.6) is 0 Å². The zero-order chi connectivity index (χ0) is 16.4. The Balaban J connectivity index is 1.77. The number of ether oxygens (including phenoxy) is 1. The Morgan fingerprint density at radius 1 is 1.43 bits per heavy atom. The summed E-state index contributed by atoms with van der Waals surface area (Å²) < 4.78 is 11.2. The number of rotatable bonds is 5. The summed E-state index contributed by atoms with van der Waals surface area (Å²) in [5.41, 5.74) is 2.00. The second-order valence-electron chi connectivity index (χ2n) is 6.10. The summed E-state index contributed by atoms with van der Waals surface area (Å²) in [5, 5.41) is 4.34. The Morgan fingerprint density at radius 3 is 2.91 bits per heavy atom. The van der Waals surface area contributed by atoms with E-state index in [-0.39, 0.29) is 18.1 Å². The number of fused-ring (bicyclic) bond motifs is 1. The van der Waals surface area contributed by atoms with E-state index in [0.29, 0.717) is 6.54 Å². The third kappa shape index (κ3) is 3.12. The van der Waals surface area contributed by atoms with Crippen molar-refractivity contribution in [2.24, 2.45) is 0 Å². The summed E-state index contributed by atoms with van der Waals surface area (Å²) in [4.78, 5) is 14.4. The highest BCUT2D eigenvalue weighted by Gasteiger charge is 2.31. The second-order valence-corrected chi connectivity index (χ2v) is 6.10. The minimum absolute atomic E-state index is 0.108. The van der Waals surface area contributed by atoms with Crippen molar-refractivity contribution in [3.05, 3.63) is 35.6 Å². The average molecular weight is 316 g/mol. The number of likely N-dealkylation sites (N-methyl/N-ethyl adjacent to an activating group) is 1. The molecule has 2 heterocycles. The predicted molar refractivity (Wildman–Crippen MR) is 89.3 cm³/mol. The van der Waals surface area contributed by atoms with E-state index >= 15 is 0 Å². The number of carbonyl (C=O) groups is 1. The normalized spacial score (nSPS) is 21.0. The van der Waals surface area contributed by atoms with E-state index in [1.165, 1.54) is 0 Å². The van der Waals surface area contributed by atoms with Gasteiger partial charge in [0.25, 0.3) is 0 Å². The van der Waals surface area contributed by atoms with Crippen LogP contribution in [0.15, 0.2) is 28.7 Å². The van der Waals surface area contributed by atoms with Gasteiger partial charge in [-0.2, -0.15) is 0 Å². The minimum atomic E-state index is -0.159. The Hall–Kier alpha value is -1.85. The van der Waals surface area contributed by atoms with Crippen LogP contribution in [-0.4, -0.2) is 43.7 Å². The maximum atomic E-state index is 12.6. The molecular weight excluding hydrogens is 292 g/mol. The molecule has 2 aromatic rings. The van der Waals surface area contributed by atoms with E-state index < -0.39 is 0 Å². The fourth-order valence-corrected chi connectivity index (χ4v) is 3.26. The largest absolute Gasteiger partial charge is 0.461 e. The standard InChI is InChI=1S/C18H24N2O3/c1-4-16-14(13-7-5-6-8-17(13)23-16)11-20(2)18(21)15-9-12(22-3)10-19-15/h5-8,12,15,19H,4,9-11H2,1-3H3/t12-,15-/m0/s1. The van der Waals surface area contributed by atoms with Gasteiger partial charge in [0.05, 0.1) is 12.1 Å². The fourth-order valence-electron chi connectivity index (χ4n) is 3.26. The number of carbonyl (C=O) groups excluding carboxylic acids is 1. The Bertz CT molecular complexity index is 695. The van der Waals surface area contributed by atoms with Gasteiger partial charge < -0.3 is 19.4 Å². The lowest BCUT2D eigenvalue weighted by Gasteiger charge is -2.21. The van der Waals surface area contributed by atoms with E-state index in [2.05, 4.69) is 18.3 Å². The van der Waals surface area contributed by atoms with Gasteiger partial charge in [0, 0.05) is 44.6 Å². The van der Waals surface area contributed by atoms with Gasteiger partial charge >= 0.3 is 0 Å². The smallest absolute Gasteiger partial charge is 0.239 e. The van der Waals surface area contributed by atoms with Gasteiger partial charge in [-0.25, -0.2) is 0 Å². The molecule has 1 saturated heterocycles. The van der Waals surface area contributed by atoms with E-state index in [9.17, 15) is 4.79 Å². The fraction of sp³-hybridized carbons (Fsp3) is 0.500. The van der Waals surface area contributed by atoms with E-state index in [4.69, 9.17) is 9.15 Å². The van der Waals surface area contributed by atoms with Crippen LogP contribution in [0.2, 0.25) is 0 Å². The maximum absolute atomic E-state index is 12.6. The zero-order valence-electron chi connectivity index (χ0n) is 14.0. The summed E-state index contributed by atoms with van der Waals surface area (Å²) >= 11 is 0. The van der Waals surface area contributed by atoms with Gasteiger partial charge in [0.2, 0.25) is 5.91 Å². The molecule has 1 aromatic heterocycles. The van der Waals surface area contributed by atoms with E-state index in [0.717, 1.165) is 41.7 Å². The first kappa shape index (κ1) is 16.0. The zero-order valence-corrected chi connectivity index (χ0v) is 14.0. The Morgan fingerprint density at radius 2 is 2.22 bits per heavy atom. The number of benzene rings is 1. The summed E-state index contributed by atoms with van der Waals surface area (Å²) in [6.45, 7) is 3.37. The summed E-state index contributed by atoms with van der Waals surface area (Å²) in [6.07, 6.45) is 1.67. The SMILES string of the molecule is CCc1oc2ccccc2c1CN(C)C(=O)[C@@H]1C[C@H](OC)CN1. The molecule has 0 radical (unpaired) electrons. The van der Waals surface area contributed by atoms with Gasteiger partial charge in [-0.15, -0.1) is 0 Å². The first-order chi connectivity index (χ1) is 11.1. The molecule has 3 rings (SSSR count). The average Bonchev–Trinajstić information content (AvgIpc) is 3.19. The molecule has 124 valence electrons.